The molecule has 2 atom stereocenters. The normalized spacial score (nSPS) is 17.9. The van der Waals surface area contributed by atoms with Crippen molar-refractivity contribution in [2.45, 2.75) is 71.6 Å². The Bertz CT molecular complexity index is 833. The van der Waals surface area contributed by atoms with Crippen LogP contribution in [0.1, 0.15) is 70.1 Å². The number of aryl methyl sites for hydroxylation is 1. The lowest BCUT2D eigenvalue weighted by atomic mass is 9.97. The molecule has 1 aliphatic rings. The third-order valence-corrected chi connectivity index (χ3v) is 7.65. The van der Waals surface area contributed by atoms with Crippen molar-refractivity contribution in [3.63, 3.8) is 0 Å². The molecule has 0 bridgehead atoms. The lowest BCUT2D eigenvalue weighted by Crippen LogP contribution is -2.07. The maximum Gasteiger partial charge on any atom is 0.126 e. The molecule has 0 fully saturated rings. The van der Waals surface area contributed by atoms with Gasteiger partial charge in [-0.1, -0.05) is 88.7 Å². The second-order valence-corrected chi connectivity index (χ2v) is 10.7. The molecule has 0 aromatic heterocycles. The lowest BCUT2D eigenvalue weighted by Gasteiger charge is -2.28. The van der Waals surface area contributed by atoms with Gasteiger partial charge in [-0.15, -0.1) is 0 Å². The Morgan fingerprint density at radius 3 is 2.39 bits per heavy atom. The molecule has 0 N–H and O–H groups in total. The van der Waals surface area contributed by atoms with Crippen LogP contribution in [0.4, 0.5) is 4.39 Å². The topological polar surface area (TPSA) is 0 Å². The van der Waals surface area contributed by atoms with E-state index in [-0.39, 0.29) is 5.82 Å². The Morgan fingerprint density at radius 1 is 1.14 bits per heavy atom. The first-order valence-electron chi connectivity index (χ1n) is 10.6. The number of rotatable bonds is 3. The van der Waals surface area contributed by atoms with Crippen molar-refractivity contribution in [2.75, 3.05) is 5.75 Å². The van der Waals surface area contributed by atoms with Gasteiger partial charge in [-0.2, -0.15) is 9.21 Å². The van der Waals surface area contributed by atoms with Gasteiger partial charge in [-0.05, 0) is 65.5 Å². The van der Waals surface area contributed by atoms with Crippen LogP contribution in [0.5, 0.6) is 0 Å². The predicted octanol–water partition coefficient (Wildman–Crippen LogP) is 7.97. The molecular weight excluding hydrogens is 363 g/mol. The van der Waals surface area contributed by atoms with E-state index in [1.807, 2.05) is 32.9 Å². The van der Waals surface area contributed by atoms with Gasteiger partial charge >= 0.3 is 0 Å². The second-order valence-electron chi connectivity index (χ2n) is 7.79. The van der Waals surface area contributed by atoms with E-state index in [0.717, 1.165) is 24.0 Å². The number of fused-ring (bicyclic) bond motifs is 1. The van der Waals surface area contributed by atoms with Crippen LogP contribution in [0.2, 0.25) is 0 Å². The molecule has 0 nitrogen and oxygen atoms in total. The highest BCUT2D eigenvalue weighted by Crippen LogP contribution is 2.44. The average molecular weight is 403 g/mol. The summed E-state index contributed by atoms with van der Waals surface area (Å²) in [7, 11) is -0.975. The van der Waals surface area contributed by atoms with Crippen LogP contribution in [0.25, 0.3) is 0 Å². The first-order valence-corrected chi connectivity index (χ1v) is 12.7. The van der Waals surface area contributed by atoms with Crippen molar-refractivity contribution in [3.05, 3.63) is 65.0 Å². The molecule has 28 heavy (non-hydrogen) atoms. The summed E-state index contributed by atoms with van der Waals surface area (Å²) in [5.74, 6) is 10.9. The van der Waals surface area contributed by atoms with E-state index >= 15 is 0 Å². The SMILES string of the molecule is C=S1(=C)CCC(C)c2ccccc21.CC.CCC(C)Cc1cc(C)ccc1F. The zero-order chi connectivity index (χ0) is 21.3. The van der Waals surface area contributed by atoms with Crippen LogP contribution in [-0.2, 0) is 6.42 Å². The van der Waals surface area contributed by atoms with Gasteiger partial charge in [0.25, 0.3) is 0 Å². The van der Waals surface area contributed by atoms with Gasteiger partial charge in [-0.25, -0.2) is 4.39 Å². The highest BCUT2D eigenvalue weighted by atomic mass is 32.2. The summed E-state index contributed by atoms with van der Waals surface area (Å²) < 4.78 is 13.3. The minimum Gasteiger partial charge on any atom is -0.207 e. The van der Waals surface area contributed by atoms with Gasteiger partial charge in [0.2, 0.25) is 0 Å². The Kier molecular flexibility index (Phi) is 10.0. The number of benzene rings is 2. The predicted molar refractivity (Wildman–Crippen MR) is 130 cm³/mol. The molecule has 0 spiro atoms. The molecule has 1 aliphatic heterocycles. The lowest BCUT2D eigenvalue weighted by molar-refractivity contribution is 0.531. The van der Waals surface area contributed by atoms with E-state index < -0.39 is 9.21 Å². The largest absolute Gasteiger partial charge is 0.207 e. The smallest absolute Gasteiger partial charge is 0.126 e. The molecule has 0 amide bonds. The molecule has 1 heterocycles. The molecule has 0 aliphatic carbocycles. The van der Waals surface area contributed by atoms with E-state index in [9.17, 15) is 4.39 Å². The molecule has 2 aromatic carbocycles. The third kappa shape index (κ3) is 6.81. The summed E-state index contributed by atoms with van der Waals surface area (Å²) >= 11 is 0. The van der Waals surface area contributed by atoms with Gasteiger partial charge in [0, 0.05) is 0 Å². The summed E-state index contributed by atoms with van der Waals surface area (Å²) in [6.07, 6.45) is 3.21. The summed E-state index contributed by atoms with van der Waals surface area (Å²) in [4.78, 5) is 1.42. The minimum absolute atomic E-state index is 0.0640. The average Bonchev–Trinajstić information content (AvgIpc) is 2.70. The van der Waals surface area contributed by atoms with Crippen molar-refractivity contribution in [1.29, 1.82) is 0 Å². The Hall–Kier alpha value is -1.54. The van der Waals surface area contributed by atoms with Crippen molar-refractivity contribution < 1.29 is 4.39 Å². The van der Waals surface area contributed by atoms with Gasteiger partial charge in [0.05, 0.1) is 0 Å². The van der Waals surface area contributed by atoms with E-state index in [1.54, 1.807) is 6.07 Å². The Morgan fingerprint density at radius 2 is 1.79 bits per heavy atom. The van der Waals surface area contributed by atoms with E-state index in [2.05, 4.69) is 56.8 Å². The van der Waals surface area contributed by atoms with Crippen molar-refractivity contribution in [1.82, 2.24) is 0 Å². The molecule has 0 radical (unpaired) electrons. The van der Waals surface area contributed by atoms with Gasteiger partial charge in [0.1, 0.15) is 5.82 Å². The highest BCUT2D eigenvalue weighted by molar-refractivity contribution is 8.27. The Balaban J connectivity index is 0.000000257. The van der Waals surface area contributed by atoms with E-state index in [0.29, 0.717) is 11.8 Å². The van der Waals surface area contributed by atoms with Gasteiger partial charge < -0.3 is 0 Å². The standard InChI is InChI=1S/C12H17F.C12H16S.C2H6/c1-4-9(2)7-11-8-10(3)5-6-12(11)13;1-10-8-9-13(2,3)12-7-5-4-6-11(10)12;1-2/h5-6,8-9H,4,7H2,1-3H3;4-7,10H,2-3,8-9H2,1H3;1-2H3. The number of halogens is 1. The van der Waals surface area contributed by atoms with Crippen LogP contribution < -0.4 is 0 Å². The molecule has 0 saturated carbocycles. The summed E-state index contributed by atoms with van der Waals surface area (Å²) in [5.41, 5.74) is 3.47. The highest BCUT2D eigenvalue weighted by Gasteiger charge is 2.19. The monoisotopic (exact) mass is 402 g/mol. The minimum atomic E-state index is -0.975. The van der Waals surface area contributed by atoms with Crippen molar-refractivity contribution in [3.8, 4) is 0 Å². The number of hydrogen-bond donors (Lipinski definition) is 0. The Labute approximate surface area is 173 Å². The molecule has 2 aromatic rings. The summed E-state index contributed by atoms with van der Waals surface area (Å²) in [6, 6.07) is 14.0. The number of hydrogen-bond acceptors (Lipinski definition) is 0. The summed E-state index contributed by atoms with van der Waals surface area (Å²) in [5, 5.41) is 0. The van der Waals surface area contributed by atoms with Gasteiger partial charge in [-0.3, -0.25) is 0 Å². The zero-order valence-corrected chi connectivity index (χ0v) is 19.5. The first kappa shape index (κ1) is 24.5. The van der Waals surface area contributed by atoms with E-state index in [1.165, 1.54) is 22.6 Å². The molecule has 3 rings (SSSR count). The van der Waals surface area contributed by atoms with Crippen molar-refractivity contribution >= 4 is 20.9 Å². The molecule has 156 valence electrons. The van der Waals surface area contributed by atoms with Crippen LogP contribution in [0.15, 0.2) is 47.4 Å². The molecular formula is C26H39FS. The van der Waals surface area contributed by atoms with Crippen LogP contribution in [-0.4, -0.2) is 17.5 Å². The fourth-order valence-corrected chi connectivity index (χ4v) is 5.49. The maximum atomic E-state index is 13.3. The van der Waals surface area contributed by atoms with Crippen molar-refractivity contribution in [2.24, 2.45) is 5.92 Å². The van der Waals surface area contributed by atoms with Crippen LogP contribution in [0.3, 0.4) is 0 Å². The molecule has 0 saturated heterocycles. The fourth-order valence-electron chi connectivity index (χ4n) is 3.33. The van der Waals surface area contributed by atoms with Crippen LogP contribution in [0, 0.1) is 18.7 Å². The fraction of sp³-hybridized carbons (Fsp3) is 0.462. The third-order valence-electron chi connectivity index (χ3n) is 5.32. The van der Waals surface area contributed by atoms with Crippen LogP contribution >= 0.6 is 9.21 Å². The zero-order valence-electron chi connectivity index (χ0n) is 18.7. The molecule has 2 heteroatoms. The first-order chi connectivity index (χ1) is 13.2. The van der Waals surface area contributed by atoms with Gasteiger partial charge in [0.15, 0.2) is 0 Å². The maximum absolute atomic E-state index is 13.3. The molecule has 2 unspecified atom stereocenters. The summed E-state index contributed by atoms with van der Waals surface area (Å²) in [6.45, 7) is 12.6. The van der Waals surface area contributed by atoms with E-state index in [4.69, 9.17) is 0 Å². The quantitative estimate of drug-likeness (QED) is 0.457. The second kappa shape index (κ2) is 11.5.